The molecule has 3 heteroatoms. The Morgan fingerprint density at radius 2 is 1.86 bits per heavy atom. The number of benzene rings is 2. The van der Waals surface area contributed by atoms with E-state index < -0.39 is 0 Å². The maximum atomic E-state index is 12.9. The molecule has 4 rings (SSSR count). The molecule has 0 N–H and O–H groups in total. The smallest absolute Gasteiger partial charge is 0.205 e. The van der Waals surface area contributed by atoms with Crippen LogP contribution in [-0.4, -0.2) is 11.2 Å². The van der Waals surface area contributed by atoms with Crippen LogP contribution in [0.4, 0.5) is 0 Å². The number of nitrogens with zero attached hydrogens (tertiary/aromatic N) is 1. The zero-order valence-electron chi connectivity index (χ0n) is 12.5. The van der Waals surface area contributed by atoms with Crippen LogP contribution in [0.15, 0.2) is 53.3 Å². The first-order chi connectivity index (χ1) is 10.8. The van der Waals surface area contributed by atoms with Gasteiger partial charge in [-0.25, -0.2) is 0 Å². The normalized spacial score (nSPS) is 13.7. The first-order valence-electron chi connectivity index (χ1n) is 7.63. The Labute approximate surface area is 128 Å². The topological polar surface area (TPSA) is 31.2 Å². The Kier molecular flexibility index (Phi) is 3.00. The number of hydrogen-bond acceptors (Lipinski definition) is 2. The first-order valence-corrected chi connectivity index (χ1v) is 7.63. The number of para-hydroxylation sites is 1. The third-order valence-corrected chi connectivity index (χ3v) is 4.28. The van der Waals surface area contributed by atoms with Gasteiger partial charge in [-0.2, -0.15) is 0 Å². The molecule has 0 aliphatic carbocycles. The van der Waals surface area contributed by atoms with E-state index >= 15 is 0 Å². The quantitative estimate of drug-likeness (QED) is 0.685. The summed E-state index contributed by atoms with van der Waals surface area (Å²) in [6.45, 7) is 2.66. The summed E-state index contributed by atoms with van der Waals surface area (Å²) in [5, 5.41) is 0.801. The zero-order chi connectivity index (χ0) is 15.1. The van der Waals surface area contributed by atoms with E-state index in [0.717, 1.165) is 40.6 Å². The summed E-state index contributed by atoms with van der Waals surface area (Å²) in [4.78, 5) is 12.9. The van der Waals surface area contributed by atoms with Gasteiger partial charge in [0.15, 0.2) is 5.43 Å². The van der Waals surface area contributed by atoms with Crippen LogP contribution in [0.2, 0.25) is 0 Å². The molecule has 2 aromatic carbocycles. The molecule has 1 aliphatic rings. The van der Waals surface area contributed by atoms with E-state index in [1.54, 1.807) is 0 Å². The minimum Gasteiger partial charge on any atom is -0.478 e. The monoisotopic (exact) mass is 291 g/mol. The van der Waals surface area contributed by atoms with Gasteiger partial charge in [-0.05, 0) is 43.5 Å². The van der Waals surface area contributed by atoms with Crippen molar-refractivity contribution in [1.29, 1.82) is 0 Å². The van der Waals surface area contributed by atoms with Gasteiger partial charge >= 0.3 is 0 Å². The average Bonchev–Trinajstić information content (AvgIpc) is 2.56. The minimum atomic E-state index is 0.120. The van der Waals surface area contributed by atoms with Crippen LogP contribution in [0.5, 0.6) is 5.88 Å². The van der Waals surface area contributed by atoms with E-state index in [1.165, 1.54) is 0 Å². The van der Waals surface area contributed by atoms with E-state index in [2.05, 4.69) is 4.57 Å². The number of aromatic nitrogens is 1. The van der Waals surface area contributed by atoms with Crippen LogP contribution >= 0.6 is 0 Å². The third-order valence-electron chi connectivity index (χ3n) is 4.28. The second-order valence-electron chi connectivity index (χ2n) is 5.70. The fourth-order valence-corrected chi connectivity index (χ4v) is 3.25. The van der Waals surface area contributed by atoms with Crippen molar-refractivity contribution in [1.82, 2.24) is 4.57 Å². The van der Waals surface area contributed by atoms with Crippen molar-refractivity contribution in [3.05, 3.63) is 69.9 Å². The molecular weight excluding hydrogens is 274 g/mol. The molecule has 0 saturated carbocycles. The first kappa shape index (κ1) is 13.1. The van der Waals surface area contributed by atoms with Crippen molar-refractivity contribution in [2.24, 2.45) is 0 Å². The Bertz CT molecular complexity index is 910. The molecule has 0 fully saturated rings. The molecule has 3 aromatic rings. The lowest BCUT2D eigenvalue weighted by molar-refractivity contribution is 0.270. The second kappa shape index (κ2) is 5.02. The van der Waals surface area contributed by atoms with Gasteiger partial charge in [0, 0.05) is 11.1 Å². The van der Waals surface area contributed by atoms with Gasteiger partial charge in [0.05, 0.1) is 17.7 Å². The summed E-state index contributed by atoms with van der Waals surface area (Å²) in [7, 11) is 0. The summed E-state index contributed by atoms with van der Waals surface area (Å²) in [5.74, 6) is 0.709. The summed E-state index contributed by atoms with van der Waals surface area (Å²) >= 11 is 0. The van der Waals surface area contributed by atoms with Crippen LogP contribution in [0, 0.1) is 6.92 Å². The minimum absolute atomic E-state index is 0.120. The number of pyridine rings is 1. The Hall–Kier alpha value is -2.55. The lowest BCUT2D eigenvalue weighted by atomic mass is 10.0. The highest BCUT2D eigenvalue weighted by Crippen LogP contribution is 2.31. The van der Waals surface area contributed by atoms with Gasteiger partial charge in [-0.3, -0.25) is 9.36 Å². The largest absolute Gasteiger partial charge is 0.478 e. The number of ether oxygens (including phenoxy) is 1. The number of hydrogen-bond donors (Lipinski definition) is 0. The molecule has 0 saturated heterocycles. The lowest BCUT2D eigenvalue weighted by Gasteiger charge is -2.24. The van der Waals surface area contributed by atoms with Crippen LogP contribution in [0.3, 0.4) is 0 Å². The summed E-state index contributed by atoms with van der Waals surface area (Å²) in [6.07, 6.45) is 1.68. The second-order valence-corrected chi connectivity index (χ2v) is 5.70. The number of fused-ring (bicyclic) bond motifs is 2. The lowest BCUT2D eigenvalue weighted by Crippen LogP contribution is -2.23. The molecule has 0 radical (unpaired) electrons. The molecule has 0 unspecified atom stereocenters. The van der Waals surface area contributed by atoms with Crippen LogP contribution in [0.25, 0.3) is 16.6 Å². The highest BCUT2D eigenvalue weighted by Gasteiger charge is 2.22. The average molecular weight is 291 g/mol. The fourth-order valence-electron chi connectivity index (χ4n) is 3.25. The number of rotatable bonds is 1. The predicted molar refractivity (Wildman–Crippen MR) is 88.1 cm³/mol. The molecule has 1 aromatic heterocycles. The van der Waals surface area contributed by atoms with E-state index in [-0.39, 0.29) is 5.43 Å². The van der Waals surface area contributed by atoms with Gasteiger partial charge in [0.1, 0.15) is 0 Å². The molecular formula is C19H17NO2. The maximum absolute atomic E-state index is 12.9. The SMILES string of the molecule is Cc1cccc2c1c(=O)c1c(n2-c2ccccc2)OCCC1. The highest BCUT2D eigenvalue weighted by atomic mass is 16.5. The summed E-state index contributed by atoms with van der Waals surface area (Å²) in [6, 6.07) is 16.1. The molecule has 2 heterocycles. The Morgan fingerprint density at radius 3 is 2.68 bits per heavy atom. The Morgan fingerprint density at radius 1 is 1.05 bits per heavy atom. The van der Waals surface area contributed by atoms with Crippen LogP contribution < -0.4 is 10.2 Å². The number of aryl methyl sites for hydroxylation is 1. The van der Waals surface area contributed by atoms with E-state index in [4.69, 9.17) is 4.74 Å². The van der Waals surface area contributed by atoms with Gasteiger partial charge in [0.25, 0.3) is 0 Å². The van der Waals surface area contributed by atoms with Crippen molar-refractivity contribution < 1.29 is 4.74 Å². The standard InChI is InChI=1S/C19H17NO2/c1-13-7-5-11-16-17(13)18(21)15-10-6-12-22-19(15)20(16)14-8-3-2-4-9-14/h2-5,7-9,11H,6,10,12H2,1H3. The molecule has 0 atom stereocenters. The molecule has 3 nitrogen and oxygen atoms in total. The predicted octanol–water partition coefficient (Wildman–Crippen LogP) is 3.62. The van der Waals surface area contributed by atoms with Crippen molar-refractivity contribution in [2.45, 2.75) is 19.8 Å². The van der Waals surface area contributed by atoms with Crippen LogP contribution in [-0.2, 0) is 6.42 Å². The van der Waals surface area contributed by atoms with Crippen molar-refractivity contribution >= 4 is 10.9 Å². The van der Waals surface area contributed by atoms with E-state index in [9.17, 15) is 4.79 Å². The molecule has 110 valence electrons. The van der Waals surface area contributed by atoms with Gasteiger partial charge in [-0.1, -0.05) is 30.3 Å². The van der Waals surface area contributed by atoms with E-state index in [0.29, 0.717) is 12.5 Å². The van der Waals surface area contributed by atoms with Crippen LogP contribution in [0.1, 0.15) is 17.5 Å². The fraction of sp³-hybridized carbons (Fsp3) is 0.211. The third kappa shape index (κ3) is 1.86. The van der Waals surface area contributed by atoms with Gasteiger partial charge < -0.3 is 4.74 Å². The molecule has 1 aliphatic heterocycles. The zero-order valence-corrected chi connectivity index (χ0v) is 12.5. The molecule has 0 bridgehead atoms. The van der Waals surface area contributed by atoms with Crippen molar-refractivity contribution in [2.75, 3.05) is 6.61 Å². The highest BCUT2D eigenvalue weighted by molar-refractivity contribution is 5.86. The Balaban J connectivity index is 2.21. The maximum Gasteiger partial charge on any atom is 0.205 e. The van der Waals surface area contributed by atoms with E-state index in [1.807, 2.05) is 55.5 Å². The van der Waals surface area contributed by atoms with Crippen molar-refractivity contribution in [3.63, 3.8) is 0 Å². The molecule has 0 spiro atoms. The van der Waals surface area contributed by atoms with Gasteiger partial charge in [0.2, 0.25) is 5.88 Å². The summed E-state index contributed by atoms with van der Waals surface area (Å²) in [5.41, 5.74) is 3.88. The van der Waals surface area contributed by atoms with Crippen molar-refractivity contribution in [3.8, 4) is 11.6 Å². The molecule has 0 amide bonds. The summed E-state index contributed by atoms with van der Waals surface area (Å²) < 4.78 is 7.98. The van der Waals surface area contributed by atoms with Gasteiger partial charge in [-0.15, -0.1) is 0 Å². The molecule has 22 heavy (non-hydrogen) atoms.